The van der Waals surface area contributed by atoms with Crippen LogP contribution in [0.2, 0.25) is 0 Å². The first-order valence-corrected chi connectivity index (χ1v) is 13.0. The van der Waals surface area contributed by atoms with Gasteiger partial charge in [0.25, 0.3) is 5.91 Å². The summed E-state index contributed by atoms with van der Waals surface area (Å²) in [4.78, 5) is 27.5. The maximum Gasteiger partial charge on any atom is 0.265 e. The third-order valence-electron chi connectivity index (χ3n) is 8.22. The molecule has 0 saturated heterocycles. The monoisotopic (exact) mass is 487 g/mol. The fourth-order valence-corrected chi connectivity index (χ4v) is 6.22. The van der Waals surface area contributed by atoms with E-state index in [2.05, 4.69) is 41.6 Å². The van der Waals surface area contributed by atoms with Crippen LogP contribution in [0.5, 0.6) is 5.75 Å². The summed E-state index contributed by atoms with van der Waals surface area (Å²) < 4.78 is 5.56. The first-order chi connectivity index (χ1) is 17.3. The second-order valence-electron chi connectivity index (χ2n) is 11.0. The minimum Gasteiger partial charge on any atom is -0.497 e. The summed E-state index contributed by atoms with van der Waals surface area (Å²) >= 11 is 0. The molecule has 2 aromatic carbocycles. The number of amides is 1. The number of carbonyl (C=O) groups excluding carboxylic acids is 2. The number of allylic oxidation sites excluding steroid dienone is 1. The summed E-state index contributed by atoms with van der Waals surface area (Å²) in [6.07, 6.45) is 10.4. The number of hydrazine groups is 1. The van der Waals surface area contributed by atoms with Gasteiger partial charge in [0.1, 0.15) is 12.0 Å². The number of carbonyl (C=O) groups is 2. The van der Waals surface area contributed by atoms with Crippen LogP contribution in [0.25, 0.3) is 11.6 Å². The Bertz CT molecular complexity index is 1200. The average Bonchev–Trinajstić information content (AvgIpc) is 3.60. The molecule has 2 fully saturated rings. The van der Waals surface area contributed by atoms with Crippen molar-refractivity contribution in [2.24, 2.45) is 11.3 Å². The molecule has 1 N–H and O–H groups in total. The molecule has 1 aliphatic heterocycles. The van der Waals surface area contributed by atoms with E-state index in [1.54, 1.807) is 12.1 Å². The van der Waals surface area contributed by atoms with E-state index >= 15 is 0 Å². The van der Waals surface area contributed by atoms with Crippen LogP contribution in [0.3, 0.4) is 0 Å². The molecule has 1 heterocycles. The molecule has 2 aromatic rings. The molecule has 36 heavy (non-hydrogen) atoms. The van der Waals surface area contributed by atoms with Gasteiger partial charge >= 0.3 is 0 Å². The zero-order valence-electron chi connectivity index (χ0n) is 21.8. The number of aldehydes is 1. The number of fused-ring (bicyclic) bond motifs is 4. The molecule has 0 bridgehead atoms. The lowest BCUT2D eigenvalue weighted by molar-refractivity contribution is -0.112. The van der Waals surface area contributed by atoms with Crippen molar-refractivity contribution in [1.82, 2.24) is 10.4 Å². The number of hydrogen-bond acceptors (Lipinski definition) is 5. The van der Waals surface area contributed by atoms with E-state index in [9.17, 15) is 9.59 Å². The first-order valence-electron chi connectivity index (χ1n) is 13.0. The molecule has 2 unspecified atom stereocenters. The van der Waals surface area contributed by atoms with Crippen molar-refractivity contribution in [3.05, 3.63) is 58.7 Å². The molecule has 0 spiro atoms. The number of benzene rings is 2. The second-order valence-corrected chi connectivity index (χ2v) is 11.0. The zero-order chi connectivity index (χ0) is 25.4. The Balaban J connectivity index is 1.71. The van der Waals surface area contributed by atoms with Gasteiger partial charge in [-0.3, -0.25) is 10.2 Å². The van der Waals surface area contributed by atoms with E-state index in [4.69, 9.17) is 4.74 Å². The summed E-state index contributed by atoms with van der Waals surface area (Å²) in [6, 6.07) is 12.3. The van der Waals surface area contributed by atoms with Gasteiger partial charge in [-0.2, -0.15) is 0 Å². The quantitative estimate of drug-likeness (QED) is 0.467. The summed E-state index contributed by atoms with van der Waals surface area (Å²) in [5.41, 5.74) is 8.93. The normalized spacial score (nSPS) is 25.1. The highest BCUT2D eigenvalue weighted by molar-refractivity contribution is 5.97. The summed E-state index contributed by atoms with van der Waals surface area (Å²) in [5.74, 6) is 1.32. The fraction of sp³-hybridized carbons (Fsp3) is 0.467. The van der Waals surface area contributed by atoms with Gasteiger partial charge in [-0.05, 0) is 72.1 Å². The lowest BCUT2D eigenvalue weighted by Gasteiger charge is -2.32. The number of methoxy groups -OCH3 is 1. The van der Waals surface area contributed by atoms with Crippen LogP contribution in [0.4, 0.5) is 5.69 Å². The Morgan fingerprint density at radius 3 is 2.61 bits per heavy atom. The van der Waals surface area contributed by atoms with Crippen molar-refractivity contribution in [2.45, 2.75) is 44.4 Å². The second kappa shape index (κ2) is 9.74. The number of anilines is 1. The van der Waals surface area contributed by atoms with Gasteiger partial charge in [-0.15, -0.1) is 0 Å². The summed E-state index contributed by atoms with van der Waals surface area (Å²) in [7, 11) is 7.37. The van der Waals surface area contributed by atoms with E-state index in [1.165, 1.54) is 48.8 Å². The van der Waals surface area contributed by atoms with Crippen LogP contribution in [0.1, 0.15) is 71.5 Å². The van der Waals surface area contributed by atoms with Crippen molar-refractivity contribution in [3.63, 3.8) is 0 Å². The largest absolute Gasteiger partial charge is 0.497 e. The van der Waals surface area contributed by atoms with Crippen molar-refractivity contribution < 1.29 is 14.3 Å². The molecule has 2 aliphatic carbocycles. The van der Waals surface area contributed by atoms with Gasteiger partial charge < -0.3 is 14.4 Å². The Hall–Kier alpha value is -3.12. The van der Waals surface area contributed by atoms with Gasteiger partial charge in [-0.25, -0.2) is 5.01 Å². The van der Waals surface area contributed by atoms with Crippen molar-refractivity contribution >= 4 is 29.5 Å². The van der Waals surface area contributed by atoms with E-state index in [-0.39, 0.29) is 11.8 Å². The standard InChI is InChI=1S/C30H37N3O3/c1-32(2)31-29(35)22-11-13-24-25(20-8-6-5-7-9-20)14-21-10-12-23(36-4)16-26(21)27-17-30(27,19-34)18-33(3)28(24)15-22/h10-16,19-20,27H,5-9,17-18H2,1-4H3,(H,31,35)/b25-14+. The van der Waals surface area contributed by atoms with Gasteiger partial charge in [0.15, 0.2) is 0 Å². The number of rotatable bonds is 5. The number of hydrogen-bond donors (Lipinski definition) is 1. The van der Waals surface area contributed by atoms with E-state index in [0.717, 1.165) is 29.7 Å². The van der Waals surface area contributed by atoms with Gasteiger partial charge in [0.05, 0.1) is 12.5 Å². The molecule has 0 radical (unpaired) electrons. The molecular weight excluding hydrogens is 450 g/mol. The molecular formula is C30H37N3O3. The fourth-order valence-electron chi connectivity index (χ4n) is 6.22. The van der Waals surface area contributed by atoms with Crippen molar-refractivity contribution in [2.75, 3.05) is 39.7 Å². The molecule has 2 saturated carbocycles. The van der Waals surface area contributed by atoms with Crippen LogP contribution >= 0.6 is 0 Å². The zero-order valence-corrected chi connectivity index (χ0v) is 21.8. The molecule has 5 rings (SSSR count). The Kier molecular flexibility index (Phi) is 6.64. The van der Waals surface area contributed by atoms with Crippen LogP contribution in [0, 0.1) is 11.3 Å². The summed E-state index contributed by atoms with van der Waals surface area (Å²) in [6.45, 7) is 0.613. The maximum absolute atomic E-state index is 12.9. The highest BCUT2D eigenvalue weighted by atomic mass is 16.5. The SMILES string of the molecule is COc1ccc2c(c1)C1CC1(C=O)CN(C)c1cc(C(=O)NN(C)C)ccc1/C(C1CCCCC1)=C/2. The van der Waals surface area contributed by atoms with E-state index < -0.39 is 5.41 Å². The maximum atomic E-state index is 12.9. The molecule has 3 aliphatic rings. The molecule has 190 valence electrons. The van der Waals surface area contributed by atoms with Crippen molar-refractivity contribution in [3.8, 4) is 5.75 Å². The minimum absolute atomic E-state index is 0.136. The van der Waals surface area contributed by atoms with E-state index in [1.807, 2.05) is 32.3 Å². The van der Waals surface area contributed by atoms with Gasteiger partial charge in [0, 0.05) is 44.5 Å². The highest BCUT2D eigenvalue weighted by Crippen LogP contribution is 2.60. The molecule has 6 heteroatoms. The summed E-state index contributed by atoms with van der Waals surface area (Å²) in [5, 5.41) is 1.66. The van der Waals surface area contributed by atoms with Gasteiger partial charge in [-0.1, -0.05) is 37.5 Å². The van der Waals surface area contributed by atoms with Crippen LogP contribution < -0.4 is 15.1 Å². The lowest BCUT2D eigenvalue weighted by atomic mass is 9.78. The molecule has 2 atom stereocenters. The molecule has 0 aromatic heterocycles. The third kappa shape index (κ3) is 4.55. The Morgan fingerprint density at radius 1 is 1.14 bits per heavy atom. The number of nitrogens with zero attached hydrogens (tertiary/aromatic N) is 2. The lowest BCUT2D eigenvalue weighted by Crippen LogP contribution is -2.36. The predicted molar refractivity (Wildman–Crippen MR) is 144 cm³/mol. The van der Waals surface area contributed by atoms with Crippen molar-refractivity contribution in [1.29, 1.82) is 0 Å². The van der Waals surface area contributed by atoms with Crippen LogP contribution in [0.15, 0.2) is 36.4 Å². The smallest absolute Gasteiger partial charge is 0.265 e. The Morgan fingerprint density at radius 2 is 1.92 bits per heavy atom. The molecule has 6 nitrogen and oxygen atoms in total. The molecule has 1 amide bonds. The third-order valence-corrected chi connectivity index (χ3v) is 8.22. The first kappa shape index (κ1) is 24.6. The topological polar surface area (TPSA) is 61.9 Å². The highest BCUT2D eigenvalue weighted by Gasteiger charge is 2.56. The van der Waals surface area contributed by atoms with Crippen LogP contribution in [-0.2, 0) is 4.79 Å². The number of ether oxygens (including phenoxy) is 1. The van der Waals surface area contributed by atoms with E-state index in [0.29, 0.717) is 18.0 Å². The van der Waals surface area contributed by atoms with Crippen LogP contribution in [-0.4, -0.2) is 52.0 Å². The number of nitrogens with one attached hydrogen (secondary N) is 1. The Labute approximate surface area is 214 Å². The minimum atomic E-state index is -0.439. The average molecular weight is 488 g/mol. The van der Waals surface area contributed by atoms with Gasteiger partial charge in [0.2, 0.25) is 0 Å². The predicted octanol–water partition coefficient (Wildman–Crippen LogP) is 5.14.